The molecule has 2 aromatic rings. The van der Waals surface area contributed by atoms with Crippen LogP contribution in [0.25, 0.3) is 0 Å². The van der Waals surface area contributed by atoms with Gasteiger partial charge in [-0.1, -0.05) is 18.2 Å². The normalized spacial score (nSPS) is 14.3. The van der Waals surface area contributed by atoms with Crippen LogP contribution in [-0.2, 0) is 26.1 Å². The molecule has 2 heterocycles. The van der Waals surface area contributed by atoms with Gasteiger partial charge in [-0.25, -0.2) is 0 Å². The van der Waals surface area contributed by atoms with Crippen molar-refractivity contribution in [3.8, 4) is 0 Å². The van der Waals surface area contributed by atoms with Gasteiger partial charge in [0.05, 0.1) is 0 Å². The number of aryl methyl sites for hydroxylation is 2. The monoisotopic (exact) mass is 286 g/mol. The third kappa shape index (κ3) is 3.11. The van der Waals surface area contributed by atoms with Crippen molar-refractivity contribution in [2.75, 3.05) is 6.54 Å². The number of hydrogen-bond acceptors (Lipinski definition) is 3. The summed E-state index contributed by atoms with van der Waals surface area (Å²) in [6.45, 7) is 8.43. The van der Waals surface area contributed by atoms with Gasteiger partial charge < -0.3 is 10.6 Å². The molecule has 0 saturated carbocycles. The van der Waals surface area contributed by atoms with Crippen LogP contribution in [-0.4, -0.2) is 6.54 Å². The number of fused-ring (bicyclic) bond motifs is 1. The maximum Gasteiger partial charge on any atom is 0.0303 e. The lowest BCUT2D eigenvalue weighted by atomic mass is 9.98. The molecular weight excluding hydrogens is 264 g/mol. The lowest BCUT2D eigenvalue weighted by Crippen LogP contribution is -2.24. The van der Waals surface area contributed by atoms with Gasteiger partial charge in [-0.3, -0.25) is 0 Å². The van der Waals surface area contributed by atoms with E-state index < -0.39 is 0 Å². The highest BCUT2D eigenvalue weighted by Gasteiger charge is 2.08. The Hall–Kier alpha value is -1.16. The van der Waals surface area contributed by atoms with Gasteiger partial charge in [-0.05, 0) is 55.1 Å². The molecule has 0 atom stereocenters. The second-order valence-corrected chi connectivity index (χ2v) is 6.93. The Bertz CT molecular complexity index is 582. The average Bonchev–Trinajstić information content (AvgIpc) is 2.77. The first-order valence-corrected chi connectivity index (χ1v) is 8.12. The van der Waals surface area contributed by atoms with E-state index in [0.29, 0.717) is 0 Å². The number of nitrogens with one attached hydrogen (secondary N) is 2. The van der Waals surface area contributed by atoms with E-state index in [1.807, 2.05) is 11.3 Å². The Labute approximate surface area is 125 Å². The molecule has 1 aliphatic rings. The van der Waals surface area contributed by atoms with Gasteiger partial charge in [0.25, 0.3) is 0 Å². The predicted octanol–water partition coefficient (Wildman–Crippen LogP) is 3.30. The fourth-order valence-electron chi connectivity index (χ4n) is 2.71. The highest BCUT2D eigenvalue weighted by molar-refractivity contribution is 7.12. The Morgan fingerprint density at radius 2 is 2.05 bits per heavy atom. The Balaban J connectivity index is 1.58. The van der Waals surface area contributed by atoms with E-state index >= 15 is 0 Å². The molecule has 0 aliphatic carbocycles. The van der Waals surface area contributed by atoms with Crippen molar-refractivity contribution in [1.82, 2.24) is 10.6 Å². The summed E-state index contributed by atoms with van der Waals surface area (Å²) in [4.78, 5) is 2.86. The van der Waals surface area contributed by atoms with Crippen LogP contribution in [0.1, 0.15) is 32.0 Å². The Kier molecular flexibility index (Phi) is 4.20. The molecule has 0 saturated heterocycles. The number of rotatable bonds is 4. The number of hydrogen-bond donors (Lipinski definition) is 2. The van der Waals surface area contributed by atoms with Gasteiger partial charge in [-0.15, -0.1) is 11.3 Å². The first kappa shape index (κ1) is 13.8. The summed E-state index contributed by atoms with van der Waals surface area (Å²) in [6, 6.07) is 9.21. The molecule has 1 aromatic carbocycles. The SMILES string of the molecule is Cc1cc(CNCc2ccc3c(c2)CNCC3)sc1C. The molecule has 3 rings (SSSR count). The van der Waals surface area contributed by atoms with Crippen LogP contribution in [0.3, 0.4) is 0 Å². The van der Waals surface area contributed by atoms with Gasteiger partial charge >= 0.3 is 0 Å². The van der Waals surface area contributed by atoms with Crippen LogP contribution in [0.15, 0.2) is 24.3 Å². The molecule has 2 N–H and O–H groups in total. The van der Waals surface area contributed by atoms with Crippen LogP contribution in [0.4, 0.5) is 0 Å². The molecule has 0 fully saturated rings. The molecule has 1 aliphatic heterocycles. The molecular formula is C17H22N2S. The Morgan fingerprint density at radius 3 is 2.85 bits per heavy atom. The fourth-order valence-corrected chi connectivity index (χ4v) is 3.73. The highest BCUT2D eigenvalue weighted by Crippen LogP contribution is 2.20. The van der Waals surface area contributed by atoms with Crippen LogP contribution < -0.4 is 10.6 Å². The molecule has 0 bridgehead atoms. The molecule has 0 unspecified atom stereocenters. The average molecular weight is 286 g/mol. The van der Waals surface area contributed by atoms with Crippen molar-refractivity contribution in [2.24, 2.45) is 0 Å². The van der Waals surface area contributed by atoms with Gasteiger partial charge in [0, 0.05) is 29.4 Å². The van der Waals surface area contributed by atoms with E-state index in [9.17, 15) is 0 Å². The van der Waals surface area contributed by atoms with Crippen molar-refractivity contribution in [3.63, 3.8) is 0 Å². The van der Waals surface area contributed by atoms with E-state index in [2.05, 4.69) is 48.7 Å². The summed E-state index contributed by atoms with van der Waals surface area (Å²) >= 11 is 1.90. The van der Waals surface area contributed by atoms with E-state index in [0.717, 1.165) is 32.6 Å². The Morgan fingerprint density at radius 1 is 1.15 bits per heavy atom. The van der Waals surface area contributed by atoms with Crippen LogP contribution >= 0.6 is 11.3 Å². The van der Waals surface area contributed by atoms with Crippen molar-refractivity contribution in [3.05, 3.63) is 56.3 Å². The second kappa shape index (κ2) is 6.08. The van der Waals surface area contributed by atoms with Crippen molar-refractivity contribution >= 4 is 11.3 Å². The minimum atomic E-state index is 0.948. The van der Waals surface area contributed by atoms with Gasteiger partial charge in [-0.2, -0.15) is 0 Å². The van der Waals surface area contributed by atoms with Crippen molar-refractivity contribution < 1.29 is 0 Å². The summed E-state index contributed by atoms with van der Waals surface area (Å²) in [6.07, 6.45) is 1.16. The smallest absolute Gasteiger partial charge is 0.0303 e. The predicted molar refractivity (Wildman–Crippen MR) is 86.2 cm³/mol. The molecule has 0 spiro atoms. The molecule has 0 radical (unpaired) electrons. The molecule has 106 valence electrons. The summed E-state index contributed by atoms with van der Waals surface area (Å²) in [5.41, 5.74) is 5.78. The second-order valence-electron chi connectivity index (χ2n) is 5.59. The topological polar surface area (TPSA) is 24.1 Å². The minimum absolute atomic E-state index is 0.948. The molecule has 3 heteroatoms. The van der Waals surface area contributed by atoms with E-state index in [4.69, 9.17) is 0 Å². The quantitative estimate of drug-likeness (QED) is 0.901. The molecule has 2 nitrogen and oxygen atoms in total. The summed E-state index contributed by atoms with van der Waals surface area (Å²) in [7, 11) is 0. The number of thiophene rings is 1. The fraction of sp³-hybridized carbons (Fsp3) is 0.412. The van der Waals surface area contributed by atoms with Gasteiger partial charge in [0.2, 0.25) is 0 Å². The lowest BCUT2D eigenvalue weighted by Gasteiger charge is -2.18. The summed E-state index contributed by atoms with van der Waals surface area (Å²) in [5, 5.41) is 7.00. The highest BCUT2D eigenvalue weighted by atomic mass is 32.1. The first-order chi connectivity index (χ1) is 9.72. The maximum absolute atomic E-state index is 3.56. The van der Waals surface area contributed by atoms with Gasteiger partial charge in [0.1, 0.15) is 0 Å². The third-order valence-electron chi connectivity index (χ3n) is 4.00. The van der Waals surface area contributed by atoms with Crippen molar-refractivity contribution in [2.45, 2.75) is 39.9 Å². The van der Waals surface area contributed by atoms with Crippen LogP contribution in [0.2, 0.25) is 0 Å². The molecule has 20 heavy (non-hydrogen) atoms. The van der Waals surface area contributed by atoms with Crippen LogP contribution in [0, 0.1) is 13.8 Å². The van der Waals surface area contributed by atoms with E-state index in [1.54, 1.807) is 0 Å². The molecule has 1 aromatic heterocycles. The first-order valence-electron chi connectivity index (χ1n) is 7.30. The summed E-state index contributed by atoms with van der Waals surface area (Å²) < 4.78 is 0. The zero-order valence-electron chi connectivity index (χ0n) is 12.3. The van der Waals surface area contributed by atoms with Crippen molar-refractivity contribution in [1.29, 1.82) is 0 Å². The standard InChI is InChI=1S/C17H22N2S/c1-12-7-17(20-13(12)2)11-19-9-14-3-4-15-5-6-18-10-16(15)8-14/h3-4,7-8,18-19H,5-6,9-11H2,1-2H3. The summed E-state index contributed by atoms with van der Waals surface area (Å²) in [5.74, 6) is 0. The van der Waals surface area contributed by atoms with E-state index in [1.165, 1.54) is 32.0 Å². The van der Waals surface area contributed by atoms with Crippen LogP contribution in [0.5, 0.6) is 0 Å². The third-order valence-corrected chi connectivity index (χ3v) is 5.16. The van der Waals surface area contributed by atoms with E-state index in [-0.39, 0.29) is 0 Å². The zero-order chi connectivity index (χ0) is 13.9. The lowest BCUT2D eigenvalue weighted by molar-refractivity contribution is 0.639. The molecule has 0 amide bonds. The largest absolute Gasteiger partial charge is 0.312 e. The zero-order valence-corrected chi connectivity index (χ0v) is 13.1. The maximum atomic E-state index is 3.56. The minimum Gasteiger partial charge on any atom is -0.312 e. The van der Waals surface area contributed by atoms with Gasteiger partial charge in [0.15, 0.2) is 0 Å². The number of benzene rings is 1.